The maximum absolute atomic E-state index is 11.0. The van der Waals surface area contributed by atoms with Gasteiger partial charge >= 0.3 is 10.4 Å². The summed E-state index contributed by atoms with van der Waals surface area (Å²) in [5, 5.41) is 0. The highest BCUT2D eigenvalue weighted by Crippen LogP contribution is 2.06. The van der Waals surface area contributed by atoms with E-state index >= 15 is 0 Å². The van der Waals surface area contributed by atoms with Gasteiger partial charge in [-0.3, -0.25) is 0 Å². The van der Waals surface area contributed by atoms with Crippen LogP contribution >= 0.6 is 0 Å². The summed E-state index contributed by atoms with van der Waals surface area (Å²) in [6, 6.07) is 0. The van der Waals surface area contributed by atoms with Crippen LogP contribution in [0, 0.1) is 0 Å². The molecule has 13 heavy (non-hydrogen) atoms. The molecule has 76 valence electrons. The highest BCUT2D eigenvalue weighted by molar-refractivity contribution is 7.81. The van der Waals surface area contributed by atoms with Crippen LogP contribution in [0.5, 0.6) is 0 Å². The summed E-state index contributed by atoms with van der Waals surface area (Å²) in [5.74, 6) is 0. The van der Waals surface area contributed by atoms with Crippen LogP contribution in [0.25, 0.3) is 0 Å². The minimum absolute atomic E-state index is 0.595. The molecule has 5 heteroatoms. The van der Waals surface area contributed by atoms with E-state index < -0.39 is 22.6 Å². The fourth-order valence-corrected chi connectivity index (χ4v) is 1.42. The van der Waals surface area contributed by atoms with E-state index in [4.69, 9.17) is 0 Å². The van der Waals surface area contributed by atoms with E-state index in [1.807, 2.05) is 0 Å². The lowest BCUT2D eigenvalue weighted by molar-refractivity contribution is 0.175. The second-order valence-corrected chi connectivity index (χ2v) is 3.68. The fraction of sp³-hybridized carbons (Fsp3) is 0.500. The van der Waals surface area contributed by atoms with Crippen LogP contribution in [-0.2, 0) is 18.8 Å². The molecule has 0 aliphatic rings. The zero-order valence-corrected chi connectivity index (χ0v) is 8.58. The van der Waals surface area contributed by atoms with E-state index in [1.54, 1.807) is 13.8 Å². The first-order valence-corrected chi connectivity index (χ1v) is 5.11. The predicted octanol–water partition coefficient (Wildman–Crippen LogP) is 1.41. The Morgan fingerprint density at radius 2 is 1.38 bits per heavy atom. The SMILES string of the molecule is C=CC(C)OS(=O)(=O)OC(C)C=C. The lowest BCUT2D eigenvalue weighted by Gasteiger charge is -2.10. The lowest BCUT2D eigenvalue weighted by Crippen LogP contribution is -2.19. The molecule has 0 rings (SSSR count). The smallest absolute Gasteiger partial charge is 0.241 e. The topological polar surface area (TPSA) is 52.6 Å². The molecule has 0 amide bonds. The largest absolute Gasteiger partial charge is 0.400 e. The van der Waals surface area contributed by atoms with Crippen molar-refractivity contribution >= 4 is 10.4 Å². The van der Waals surface area contributed by atoms with Gasteiger partial charge in [-0.15, -0.1) is 13.2 Å². The summed E-state index contributed by atoms with van der Waals surface area (Å²) in [6.45, 7) is 9.85. The average Bonchev–Trinajstić information content (AvgIpc) is 2.02. The third-order valence-electron chi connectivity index (χ3n) is 1.20. The monoisotopic (exact) mass is 206 g/mol. The van der Waals surface area contributed by atoms with Crippen LogP contribution in [0.2, 0.25) is 0 Å². The summed E-state index contributed by atoms with van der Waals surface area (Å²) in [7, 11) is -3.95. The summed E-state index contributed by atoms with van der Waals surface area (Å²) >= 11 is 0. The van der Waals surface area contributed by atoms with Crippen LogP contribution in [0.3, 0.4) is 0 Å². The van der Waals surface area contributed by atoms with E-state index in [-0.39, 0.29) is 0 Å². The zero-order valence-electron chi connectivity index (χ0n) is 7.76. The highest BCUT2D eigenvalue weighted by Gasteiger charge is 2.17. The zero-order chi connectivity index (χ0) is 10.5. The summed E-state index contributed by atoms with van der Waals surface area (Å²) in [5.41, 5.74) is 0. The fourth-order valence-electron chi connectivity index (χ4n) is 0.473. The van der Waals surface area contributed by atoms with Crippen molar-refractivity contribution in [2.75, 3.05) is 0 Å². The number of hydrogen-bond donors (Lipinski definition) is 0. The molecule has 2 atom stereocenters. The normalized spacial score (nSPS) is 16.2. The minimum atomic E-state index is -3.95. The third kappa shape index (κ3) is 5.57. The Hall–Kier alpha value is -0.650. The van der Waals surface area contributed by atoms with Gasteiger partial charge in [0.15, 0.2) is 0 Å². The van der Waals surface area contributed by atoms with Crippen LogP contribution in [0.1, 0.15) is 13.8 Å². The first kappa shape index (κ1) is 12.3. The summed E-state index contributed by atoms with van der Waals surface area (Å²) in [6.07, 6.45) is 1.53. The molecule has 0 spiro atoms. The van der Waals surface area contributed by atoms with Crippen LogP contribution < -0.4 is 0 Å². The molecule has 0 aromatic carbocycles. The van der Waals surface area contributed by atoms with Crippen molar-refractivity contribution in [3.63, 3.8) is 0 Å². The molecule has 0 aromatic rings. The first-order chi connectivity index (χ1) is 5.91. The van der Waals surface area contributed by atoms with E-state index in [1.165, 1.54) is 12.2 Å². The van der Waals surface area contributed by atoms with Gasteiger partial charge in [-0.1, -0.05) is 12.2 Å². The lowest BCUT2D eigenvalue weighted by atomic mass is 10.4. The van der Waals surface area contributed by atoms with Gasteiger partial charge in [-0.25, -0.2) is 8.37 Å². The third-order valence-corrected chi connectivity index (χ3v) is 2.28. The van der Waals surface area contributed by atoms with Gasteiger partial charge in [0, 0.05) is 0 Å². The van der Waals surface area contributed by atoms with Gasteiger partial charge in [0.05, 0.1) is 12.2 Å². The second kappa shape index (κ2) is 5.16. The van der Waals surface area contributed by atoms with E-state index in [0.717, 1.165) is 0 Å². The van der Waals surface area contributed by atoms with Gasteiger partial charge in [-0.2, -0.15) is 8.42 Å². The van der Waals surface area contributed by atoms with Gasteiger partial charge in [0.2, 0.25) is 0 Å². The summed E-state index contributed by atoms with van der Waals surface area (Å²) < 4.78 is 31.1. The van der Waals surface area contributed by atoms with Crippen LogP contribution in [0.4, 0.5) is 0 Å². The Kier molecular flexibility index (Phi) is 4.90. The van der Waals surface area contributed by atoms with E-state index in [0.29, 0.717) is 0 Å². The Labute approximate surface area is 79.2 Å². The van der Waals surface area contributed by atoms with Gasteiger partial charge < -0.3 is 0 Å². The average molecular weight is 206 g/mol. The van der Waals surface area contributed by atoms with Crippen molar-refractivity contribution in [1.29, 1.82) is 0 Å². The number of hydrogen-bond acceptors (Lipinski definition) is 4. The Balaban J connectivity index is 4.24. The molecular weight excluding hydrogens is 192 g/mol. The Morgan fingerprint density at radius 1 is 1.08 bits per heavy atom. The number of rotatable bonds is 6. The minimum Gasteiger partial charge on any atom is -0.241 e. The molecule has 0 N–H and O–H groups in total. The van der Waals surface area contributed by atoms with Gasteiger partial charge in [0.25, 0.3) is 0 Å². The molecule has 0 aliphatic carbocycles. The second-order valence-electron chi connectivity index (χ2n) is 2.48. The molecular formula is C8H14O4S. The first-order valence-electron chi connectivity index (χ1n) is 3.78. The quantitative estimate of drug-likeness (QED) is 0.617. The Morgan fingerprint density at radius 3 is 1.62 bits per heavy atom. The van der Waals surface area contributed by atoms with Crippen molar-refractivity contribution in [1.82, 2.24) is 0 Å². The molecule has 0 fully saturated rings. The van der Waals surface area contributed by atoms with Crippen molar-refractivity contribution in [2.45, 2.75) is 26.1 Å². The van der Waals surface area contributed by atoms with Crippen molar-refractivity contribution < 1.29 is 16.8 Å². The maximum atomic E-state index is 11.0. The van der Waals surface area contributed by atoms with Crippen molar-refractivity contribution in [2.24, 2.45) is 0 Å². The molecule has 2 unspecified atom stereocenters. The van der Waals surface area contributed by atoms with Crippen molar-refractivity contribution in [3.05, 3.63) is 25.3 Å². The van der Waals surface area contributed by atoms with E-state index in [9.17, 15) is 8.42 Å². The Bertz CT molecular complexity index is 246. The molecule has 0 aliphatic heterocycles. The molecule has 0 aromatic heterocycles. The molecule has 0 saturated heterocycles. The standard InChI is InChI=1S/C8H14O4S/c1-5-7(3)11-13(9,10)12-8(4)6-2/h5-8H,1-2H2,3-4H3. The maximum Gasteiger partial charge on any atom is 0.400 e. The highest BCUT2D eigenvalue weighted by atomic mass is 32.3. The molecule has 0 bridgehead atoms. The van der Waals surface area contributed by atoms with Crippen LogP contribution in [0.15, 0.2) is 25.3 Å². The molecule has 4 nitrogen and oxygen atoms in total. The van der Waals surface area contributed by atoms with E-state index in [2.05, 4.69) is 21.5 Å². The molecule has 0 heterocycles. The van der Waals surface area contributed by atoms with Crippen LogP contribution in [-0.4, -0.2) is 20.6 Å². The summed E-state index contributed by atoms with van der Waals surface area (Å²) in [4.78, 5) is 0. The molecule has 0 saturated carbocycles. The predicted molar refractivity (Wildman–Crippen MR) is 50.4 cm³/mol. The molecule has 0 radical (unpaired) electrons. The van der Waals surface area contributed by atoms with Gasteiger partial charge in [0.1, 0.15) is 0 Å². The van der Waals surface area contributed by atoms with Crippen molar-refractivity contribution in [3.8, 4) is 0 Å². The van der Waals surface area contributed by atoms with Gasteiger partial charge in [-0.05, 0) is 13.8 Å².